The summed E-state index contributed by atoms with van der Waals surface area (Å²) in [6.07, 6.45) is 0.517. The molecule has 1 aromatic carbocycles. The number of carboxylic acids is 1. The van der Waals surface area contributed by atoms with Gasteiger partial charge in [0.25, 0.3) is 0 Å². The van der Waals surface area contributed by atoms with Crippen LogP contribution in [0.15, 0.2) is 18.2 Å². The van der Waals surface area contributed by atoms with Crippen LogP contribution in [-0.2, 0) is 4.79 Å². The summed E-state index contributed by atoms with van der Waals surface area (Å²) in [7, 11) is 0. The van der Waals surface area contributed by atoms with Gasteiger partial charge in [-0.2, -0.15) is 0 Å². The molecule has 116 valence electrons. The number of hydrogen-bond donors (Lipinski definition) is 2. The van der Waals surface area contributed by atoms with Gasteiger partial charge in [-0.05, 0) is 43.5 Å². The maximum atomic E-state index is 11.1. The summed E-state index contributed by atoms with van der Waals surface area (Å²) in [6.45, 7) is 5.70. The molecule has 2 atom stereocenters. The number of ether oxygens (including phenoxy) is 1. The van der Waals surface area contributed by atoms with Crippen LogP contribution >= 0.6 is 0 Å². The van der Waals surface area contributed by atoms with Gasteiger partial charge in [0, 0.05) is 19.5 Å². The lowest BCUT2D eigenvalue weighted by Crippen LogP contribution is -2.37. The smallest absolute Gasteiger partial charge is 0.321 e. The molecule has 1 aromatic rings. The molecule has 1 aliphatic rings. The van der Waals surface area contributed by atoms with Crippen molar-refractivity contribution in [1.29, 1.82) is 0 Å². The van der Waals surface area contributed by atoms with Crippen molar-refractivity contribution >= 4 is 5.97 Å². The number of aliphatic carboxylic acids is 1. The number of carboxylic acid groups (broad SMARTS) is 1. The molecule has 0 aliphatic carbocycles. The van der Waals surface area contributed by atoms with E-state index in [2.05, 4.69) is 6.92 Å². The van der Waals surface area contributed by atoms with E-state index in [0.717, 1.165) is 12.2 Å². The zero-order valence-corrected chi connectivity index (χ0v) is 12.6. The molecular weight excluding hydrogens is 270 g/mol. The van der Waals surface area contributed by atoms with E-state index in [4.69, 9.17) is 9.84 Å². The minimum atomic E-state index is -0.860. The number of β-amino-alcohol motifs (C(OH)–C–C–N with tert-alkyl or cyclic N) is 1. The Kier molecular flexibility index (Phi) is 5.20. The van der Waals surface area contributed by atoms with Crippen LogP contribution < -0.4 is 4.74 Å². The second-order valence-electron chi connectivity index (χ2n) is 5.69. The lowest BCUT2D eigenvalue weighted by molar-refractivity contribution is -0.142. The fraction of sp³-hybridized carbons (Fsp3) is 0.562. The average Bonchev–Trinajstić information content (AvgIpc) is 2.80. The average molecular weight is 293 g/mol. The normalized spacial score (nSPS) is 22.4. The molecule has 0 saturated carbocycles. The molecule has 0 aromatic heterocycles. The van der Waals surface area contributed by atoms with Crippen LogP contribution in [0.5, 0.6) is 5.75 Å². The minimum Gasteiger partial charge on any atom is -0.494 e. The first-order valence-electron chi connectivity index (χ1n) is 7.32. The number of aliphatic hydroxyl groups excluding tert-OH is 1. The van der Waals surface area contributed by atoms with Crippen LogP contribution in [0.25, 0.3) is 0 Å². The van der Waals surface area contributed by atoms with Crippen molar-refractivity contribution in [2.75, 3.05) is 19.7 Å². The Hall–Kier alpha value is -1.59. The third-order valence-electron chi connectivity index (χ3n) is 4.00. The van der Waals surface area contributed by atoms with Gasteiger partial charge in [-0.1, -0.05) is 6.07 Å². The molecule has 1 saturated heterocycles. The number of aliphatic hydroxyl groups is 1. The van der Waals surface area contributed by atoms with Crippen molar-refractivity contribution in [2.45, 2.75) is 38.8 Å². The molecule has 0 amide bonds. The maximum Gasteiger partial charge on any atom is 0.321 e. The Morgan fingerprint density at radius 3 is 2.81 bits per heavy atom. The second-order valence-corrected chi connectivity index (χ2v) is 5.69. The number of aryl methyl sites for hydroxylation is 2. The highest BCUT2D eigenvalue weighted by molar-refractivity contribution is 5.74. The van der Waals surface area contributed by atoms with Crippen LogP contribution in [0.1, 0.15) is 24.0 Å². The Balaban J connectivity index is 1.76. The quantitative estimate of drug-likeness (QED) is 0.780. The van der Waals surface area contributed by atoms with Gasteiger partial charge in [-0.3, -0.25) is 9.69 Å². The monoisotopic (exact) mass is 293 g/mol. The zero-order chi connectivity index (χ0) is 15.4. The molecule has 2 N–H and O–H groups in total. The largest absolute Gasteiger partial charge is 0.494 e. The van der Waals surface area contributed by atoms with Crippen molar-refractivity contribution in [3.63, 3.8) is 0 Å². The molecule has 1 fully saturated rings. The van der Waals surface area contributed by atoms with Crippen molar-refractivity contribution in [3.05, 3.63) is 29.3 Å². The standard InChI is InChI=1S/C16H23NO4/c1-11-4-5-14(8-12(11)2)21-7-3-6-17-10-13(18)9-15(17)16(19)20/h4-5,8,13,15,18H,3,6-7,9-10H2,1-2H3,(H,19,20). The van der Waals surface area contributed by atoms with Gasteiger partial charge in [0.1, 0.15) is 11.8 Å². The van der Waals surface area contributed by atoms with Gasteiger partial charge >= 0.3 is 5.97 Å². The number of likely N-dealkylation sites (tertiary alicyclic amines) is 1. The Bertz CT molecular complexity index is 503. The highest BCUT2D eigenvalue weighted by atomic mass is 16.5. The first kappa shape index (κ1) is 15.8. The first-order chi connectivity index (χ1) is 9.97. The molecule has 1 heterocycles. The number of benzene rings is 1. The fourth-order valence-corrected chi connectivity index (χ4v) is 2.64. The van der Waals surface area contributed by atoms with Crippen LogP contribution in [0.4, 0.5) is 0 Å². The SMILES string of the molecule is Cc1ccc(OCCCN2CC(O)CC2C(=O)O)cc1C. The lowest BCUT2D eigenvalue weighted by Gasteiger charge is -2.20. The predicted molar refractivity (Wildman–Crippen MR) is 79.6 cm³/mol. The van der Waals surface area contributed by atoms with Crippen LogP contribution in [0, 0.1) is 13.8 Å². The summed E-state index contributed by atoms with van der Waals surface area (Å²) < 4.78 is 5.69. The zero-order valence-electron chi connectivity index (χ0n) is 12.6. The fourth-order valence-electron chi connectivity index (χ4n) is 2.64. The van der Waals surface area contributed by atoms with Crippen LogP contribution in [0.2, 0.25) is 0 Å². The van der Waals surface area contributed by atoms with E-state index in [-0.39, 0.29) is 0 Å². The third kappa shape index (κ3) is 4.19. The number of nitrogens with zero attached hydrogens (tertiary/aromatic N) is 1. The van der Waals surface area contributed by atoms with Crippen LogP contribution in [-0.4, -0.2) is 52.9 Å². The van der Waals surface area contributed by atoms with E-state index in [1.54, 1.807) is 0 Å². The molecule has 2 unspecified atom stereocenters. The second kappa shape index (κ2) is 6.91. The molecule has 5 heteroatoms. The number of hydrogen-bond acceptors (Lipinski definition) is 4. The highest BCUT2D eigenvalue weighted by Crippen LogP contribution is 2.19. The minimum absolute atomic E-state index is 0.313. The van der Waals surface area contributed by atoms with E-state index < -0.39 is 18.1 Å². The molecule has 21 heavy (non-hydrogen) atoms. The van der Waals surface area contributed by atoms with Crippen molar-refractivity contribution in [3.8, 4) is 5.75 Å². The maximum absolute atomic E-state index is 11.1. The van der Waals surface area contributed by atoms with Crippen molar-refractivity contribution < 1.29 is 19.7 Å². The van der Waals surface area contributed by atoms with E-state index >= 15 is 0 Å². The third-order valence-corrected chi connectivity index (χ3v) is 4.00. The molecule has 5 nitrogen and oxygen atoms in total. The Labute approximate surface area is 125 Å². The molecule has 0 spiro atoms. The molecular formula is C16H23NO4. The Morgan fingerprint density at radius 1 is 1.38 bits per heavy atom. The van der Waals surface area contributed by atoms with Gasteiger partial charge in [0.15, 0.2) is 0 Å². The van der Waals surface area contributed by atoms with E-state index in [1.165, 1.54) is 11.1 Å². The van der Waals surface area contributed by atoms with Gasteiger partial charge in [-0.15, -0.1) is 0 Å². The molecule has 0 bridgehead atoms. The van der Waals surface area contributed by atoms with Gasteiger partial charge < -0.3 is 14.9 Å². The van der Waals surface area contributed by atoms with Gasteiger partial charge in [0.2, 0.25) is 0 Å². The Morgan fingerprint density at radius 2 is 2.14 bits per heavy atom. The van der Waals surface area contributed by atoms with Crippen LogP contribution in [0.3, 0.4) is 0 Å². The van der Waals surface area contributed by atoms with Crippen molar-refractivity contribution in [1.82, 2.24) is 4.90 Å². The molecule has 0 radical (unpaired) electrons. The molecule has 1 aliphatic heterocycles. The summed E-state index contributed by atoms with van der Waals surface area (Å²) in [4.78, 5) is 12.9. The van der Waals surface area contributed by atoms with Crippen molar-refractivity contribution in [2.24, 2.45) is 0 Å². The summed E-state index contributed by atoms with van der Waals surface area (Å²) in [5.41, 5.74) is 2.43. The summed E-state index contributed by atoms with van der Waals surface area (Å²) in [5, 5.41) is 18.7. The van der Waals surface area contributed by atoms with Gasteiger partial charge in [0.05, 0.1) is 12.7 Å². The lowest BCUT2D eigenvalue weighted by atomic mass is 10.1. The number of rotatable bonds is 6. The topological polar surface area (TPSA) is 70.0 Å². The van der Waals surface area contributed by atoms with E-state index in [9.17, 15) is 9.90 Å². The number of carbonyl (C=O) groups is 1. The first-order valence-corrected chi connectivity index (χ1v) is 7.32. The van der Waals surface area contributed by atoms with E-state index in [1.807, 2.05) is 30.0 Å². The highest BCUT2D eigenvalue weighted by Gasteiger charge is 2.35. The summed E-state index contributed by atoms with van der Waals surface area (Å²) in [5.74, 6) is -0.0176. The van der Waals surface area contributed by atoms with E-state index in [0.29, 0.717) is 26.1 Å². The summed E-state index contributed by atoms with van der Waals surface area (Å²) >= 11 is 0. The predicted octanol–water partition coefficient (Wildman–Crippen LogP) is 1.59. The summed E-state index contributed by atoms with van der Waals surface area (Å²) in [6, 6.07) is 5.42. The van der Waals surface area contributed by atoms with Gasteiger partial charge in [-0.25, -0.2) is 0 Å². The molecule has 2 rings (SSSR count).